The van der Waals surface area contributed by atoms with Crippen molar-refractivity contribution in [3.63, 3.8) is 0 Å². The fraction of sp³-hybridized carbons (Fsp3) is 0.500. The molecule has 0 bridgehead atoms. The highest BCUT2D eigenvalue weighted by Gasteiger charge is 2.27. The largest absolute Gasteiger partial charge is 0.373 e. The van der Waals surface area contributed by atoms with E-state index < -0.39 is 0 Å². The molecule has 0 amide bonds. The van der Waals surface area contributed by atoms with Gasteiger partial charge in [-0.1, -0.05) is 6.92 Å². The predicted octanol–water partition coefficient (Wildman–Crippen LogP) is 2.44. The molecule has 6 nitrogen and oxygen atoms in total. The van der Waals surface area contributed by atoms with Crippen LogP contribution in [-0.2, 0) is 13.5 Å². The second-order valence-corrected chi connectivity index (χ2v) is 5.16. The Morgan fingerprint density at radius 1 is 1.30 bits per heavy atom. The van der Waals surface area contributed by atoms with Crippen LogP contribution in [0.2, 0.25) is 0 Å². The smallest absolute Gasteiger partial charge is 0.136 e. The van der Waals surface area contributed by atoms with Crippen molar-refractivity contribution in [2.45, 2.75) is 32.1 Å². The Labute approximate surface area is 118 Å². The molecule has 0 radical (unpaired) electrons. The fourth-order valence-corrected chi connectivity index (χ4v) is 2.22. The second-order valence-electron chi connectivity index (χ2n) is 5.16. The molecule has 106 valence electrons. The van der Waals surface area contributed by atoms with E-state index in [0.717, 1.165) is 35.3 Å². The molecule has 1 saturated carbocycles. The van der Waals surface area contributed by atoms with Gasteiger partial charge in [-0.05, 0) is 19.3 Å². The van der Waals surface area contributed by atoms with Gasteiger partial charge in [-0.2, -0.15) is 5.10 Å². The van der Waals surface area contributed by atoms with E-state index in [9.17, 15) is 0 Å². The van der Waals surface area contributed by atoms with Crippen molar-refractivity contribution in [1.29, 1.82) is 0 Å². The van der Waals surface area contributed by atoms with Crippen molar-refractivity contribution in [3.05, 3.63) is 23.8 Å². The normalized spacial score (nSPS) is 14.3. The Balaban J connectivity index is 1.90. The summed E-state index contributed by atoms with van der Waals surface area (Å²) in [7, 11) is 3.81. The molecule has 1 fully saturated rings. The molecular formula is C14H20N6. The first-order chi connectivity index (χ1) is 9.69. The molecule has 1 aliphatic carbocycles. The Hall–Kier alpha value is -2.11. The van der Waals surface area contributed by atoms with E-state index >= 15 is 0 Å². The number of anilines is 3. The van der Waals surface area contributed by atoms with Crippen molar-refractivity contribution in [2.24, 2.45) is 7.05 Å². The quantitative estimate of drug-likeness (QED) is 0.875. The lowest BCUT2D eigenvalue weighted by Gasteiger charge is -2.09. The van der Waals surface area contributed by atoms with Crippen LogP contribution in [0.4, 0.5) is 17.3 Å². The summed E-state index contributed by atoms with van der Waals surface area (Å²) in [5, 5.41) is 10.9. The maximum absolute atomic E-state index is 4.62. The molecule has 6 heteroatoms. The van der Waals surface area contributed by atoms with Gasteiger partial charge in [0.15, 0.2) is 0 Å². The average Bonchev–Trinajstić information content (AvgIpc) is 3.23. The molecule has 2 heterocycles. The summed E-state index contributed by atoms with van der Waals surface area (Å²) >= 11 is 0. The number of nitrogens with zero attached hydrogens (tertiary/aromatic N) is 4. The number of rotatable bonds is 5. The summed E-state index contributed by atoms with van der Waals surface area (Å²) in [6, 6.07) is 1.93. The van der Waals surface area contributed by atoms with Gasteiger partial charge >= 0.3 is 0 Å². The van der Waals surface area contributed by atoms with Crippen molar-refractivity contribution < 1.29 is 0 Å². The first kappa shape index (κ1) is 12.9. The zero-order valence-corrected chi connectivity index (χ0v) is 12.1. The summed E-state index contributed by atoms with van der Waals surface area (Å²) in [5.41, 5.74) is 2.06. The maximum Gasteiger partial charge on any atom is 0.136 e. The van der Waals surface area contributed by atoms with Crippen molar-refractivity contribution in [3.8, 4) is 0 Å². The Bertz CT molecular complexity index is 614. The molecule has 2 aromatic heterocycles. The first-order valence-electron chi connectivity index (χ1n) is 7.06. The summed E-state index contributed by atoms with van der Waals surface area (Å²) in [6.07, 6.45) is 5.26. The summed E-state index contributed by atoms with van der Waals surface area (Å²) < 4.78 is 1.82. The van der Waals surface area contributed by atoms with Crippen LogP contribution in [0.1, 0.15) is 37.2 Å². The van der Waals surface area contributed by atoms with Gasteiger partial charge in [0.2, 0.25) is 0 Å². The van der Waals surface area contributed by atoms with Crippen LogP contribution in [0.3, 0.4) is 0 Å². The molecule has 0 aliphatic heterocycles. The third kappa shape index (κ3) is 2.59. The SMILES string of the molecule is CCc1nn(C)cc1Nc1cc(NC)nc(C2CC2)n1. The zero-order chi connectivity index (χ0) is 14.1. The van der Waals surface area contributed by atoms with Crippen molar-refractivity contribution in [1.82, 2.24) is 19.7 Å². The van der Waals surface area contributed by atoms with Crippen LogP contribution in [0.15, 0.2) is 12.3 Å². The van der Waals surface area contributed by atoms with Gasteiger partial charge in [0.1, 0.15) is 17.5 Å². The standard InChI is InChI=1S/C14H20N6/c1-4-10-11(8-20(3)19-10)16-13-7-12(15-2)17-14(18-13)9-5-6-9/h7-9H,4-6H2,1-3H3,(H2,15,16,17,18). The van der Waals surface area contributed by atoms with Gasteiger partial charge in [-0.15, -0.1) is 0 Å². The van der Waals surface area contributed by atoms with E-state index in [-0.39, 0.29) is 0 Å². The number of nitrogens with one attached hydrogen (secondary N) is 2. The fourth-order valence-electron chi connectivity index (χ4n) is 2.22. The van der Waals surface area contributed by atoms with Crippen LogP contribution in [0.5, 0.6) is 0 Å². The molecule has 0 aromatic carbocycles. The van der Waals surface area contributed by atoms with Crippen LogP contribution >= 0.6 is 0 Å². The molecule has 0 unspecified atom stereocenters. The monoisotopic (exact) mass is 272 g/mol. The molecule has 1 aliphatic rings. The number of hydrogen-bond donors (Lipinski definition) is 2. The summed E-state index contributed by atoms with van der Waals surface area (Å²) in [4.78, 5) is 9.14. The van der Waals surface area contributed by atoms with Crippen LogP contribution in [-0.4, -0.2) is 26.8 Å². The van der Waals surface area contributed by atoms with E-state index in [1.807, 2.05) is 31.0 Å². The Kier molecular flexibility index (Phi) is 3.30. The molecule has 20 heavy (non-hydrogen) atoms. The molecule has 0 spiro atoms. The average molecular weight is 272 g/mol. The van der Waals surface area contributed by atoms with E-state index in [0.29, 0.717) is 5.92 Å². The van der Waals surface area contributed by atoms with Crippen LogP contribution in [0.25, 0.3) is 0 Å². The molecular weight excluding hydrogens is 252 g/mol. The van der Waals surface area contributed by atoms with Crippen molar-refractivity contribution >= 4 is 17.3 Å². The molecule has 3 rings (SSSR count). The lowest BCUT2D eigenvalue weighted by Crippen LogP contribution is -2.03. The summed E-state index contributed by atoms with van der Waals surface area (Å²) in [5.74, 6) is 3.14. The van der Waals surface area contributed by atoms with Gasteiger partial charge in [-0.25, -0.2) is 9.97 Å². The highest BCUT2D eigenvalue weighted by molar-refractivity contribution is 5.60. The highest BCUT2D eigenvalue weighted by atomic mass is 15.3. The number of aromatic nitrogens is 4. The molecule has 0 saturated heterocycles. The number of hydrogen-bond acceptors (Lipinski definition) is 5. The minimum atomic E-state index is 0.531. The maximum atomic E-state index is 4.62. The minimum absolute atomic E-state index is 0.531. The summed E-state index contributed by atoms with van der Waals surface area (Å²) in [6.45, 7) is 2.10. The highest BCUT2D eigenvalue weighted by Crippen LogP contribution is 2.39. The third-order valence-corrected chi connectivity index (χ3v) is 3.44. The predicted molar refractivity (Wildman–Crippen MR) is 79.4 cm³/mol. The first-order valence-corrected chi connectivity index (χ1v) is 7.06. The second kappa shape index (κ2) is 5.11. The lowest BCUT2D eigenvalue weighted by molar-refractivity contribution is 0.746. The van der Waals surface area contributed by atoms with Gasteiger partial charge < -0.3 is 10.6 Å². The zero-order valence-electron chi connectivity index (χ0n) is 12.1. The minimum Gasteiger partial charge on any atom is -0.373 e. The van der Waals surface area contributed by atoms with Crippen LogP contribution < -0.4 is 10.6 Å². The van der Waals surface area contributed by atoms with E-state index in [4.69, 9.17) is 0 Å². The topological polar surface area (TPSA) is 67.7 Å². The Morgan fingerprint density at radius 3 is 2.70 bits per heavy atom. The van der Waals surface area contributed by atoms with Crippen LogP contribution in [0, 0.1) is 0 Å². The molecule has 2 aromatic rings. The lowest BCUT2D eigenvalue weighted by atomic mass is 10.3. The van der Waals surface area contributed by atoms with Gasteiger partial charge in [0, 0.05) is 32.3 Å². The van der Waals surface area contributed by atoms with Gasteiger partial charge in [0.05, 0.1) is 11.4 Å². The van der Waals surface area contributed by atoms with E-state index in [1.165, 1.54) is 12.8 Å². The molecule has 2 N–H and O–H groups in total. The Morgan fingerprint density at radius 2 is 2.05 bits per heavy atom. The van der Waals surface area contributed by atoms with Gasteiger partial charge in [0.25, 0.3) is 0 Å². The third-order valence-electron chi connectivity index (χ3n) is 3.44. The van der Waals surface area contributed by atoms with E-state index in [1.54, 1.807) is 0 Å². The number of aryl methyl sites for hydroxylation is 2. The van der Waals surface area contributed by atoms with E-state index in [2.05, 4.69) is 32.6 Å². The van der Waals surface area contributed by atoms with Gasteiger partial charge in [-0.3, -0.25) is 4.68 Å². The molecule has 0 atom stereocenters. The van der Waals surface area contributed by atoms with Crippen molar-refractivity contribution in [2.75, 3.05) is 17.7 Å².